The molecule has 3 aromatic rings. The van der Waals surface area contributed by atoms with Crippen LogP contribution in [0.5, 0.6) is 0 Å². The van der Waals surface area contributed by atoms with Gasteiger partial charge in [-0.1, -0.05) is 30.3 Å². The molecule has 0 N–H and O–H groups in total. The lowest BCUT2D eigenvalue weighted by molar-refractivity contribution is 0.313. The molecular formula is C19H19ClN4. The van der Waals surface area contributed by atoms with Gasteiger partial charge < -0.3 is 9.80 Å². The van der Waals surface area contributed by atoms with Crippen molar-refractivity contribution in [1.82, 2.24) is 14.9 Å². The zero-order chi connectivity index (χ0) is 16.5. The maximum absolute atomic E-state index is 6.11. The lowest BCUT2D eigenvalue weighted by Crippen LogP contribution is -2.44. The third-order valence-corrected chi connectivity index (χ3v) is 4.75. The Morgan fingerprint density at radius 1 is 0.875 bits per heavy atom. The Bertz CT molecular complexity index is 855. The molecule has 0 amide bonds. The quantitative estimate of drug-likeness (QED) is 0.667. The van der Waals surface area contributed by atoms with E-state index in [2.05, 4.69) is 51.1 Å². The number of para-hydroxylation sites is 1. The molecule has 5 heteroatoms. The van der Waals surface area contributed by atoms with Crippen molar-refractivity contribution in [3.63, 3.8) is 0 Å². The van der Waals surface area contributed by atoms with Crippen LogP contribution in [0.2, 0.25) is 5.28 Å². The van der Waals surface area contributed by atoms with Crippen LogP contribution < -0.4 is 4.90 Å². The lowest BCUT2D eigenvalue weighted by Gasteiger charge is -2.34. The van der Waals surface area contributed by atoms with Gasteiger partial charge in [-0.2, -0.15) is 0 Å². The van der Waals surface area contributed by atoms with Gasteiger partial charge in [-0.15, -0.1) is 0 Å². The predicted octanol–water partition coefficient (Wildman–Crippen LogP) is 3.70. The number of hydrogen-bond donors (Lipinski definition) is 0. The van der Waals surface area contributed by atoms with Crippen LogP contribution >= 0.6 is 11.6 Å². The summed E-state index contributed by atoms with van der Waals surface area (Å²) in [6, 6.07) is 16.6. The highest BCUT2D eigenvalue weighted by Crippen LogP contribution is 2.29. The van der Waals surface area contributed by atoms with E-state index in [1.165, 1.54) is 5.69 Å². The van der Waals surface area contributed by atoms with Crippen LogP contribution in [-0.4, -0.2) is 48.1 Å². The summed E-state index contributed by atoms with van der Waals surface area (Å²) >= 11 is 6.11. The minimum atomic E-state index is 0.284. The summed E-state index contributed by atoms with van der Waals surface area (Å²) in [5.41, 5.74) is 4.08. The molecule has 0 bridgehead atoms. The van der Waals surface area contributed by atoms with Gasteiger partial charge in [-0.05, 0) is 36.8 Å². The number of anilines is 1. The van der Waals surface area contributed by atoms with E-state index in [1.54, 1.807) is 0 Å². The molecule has 0 aliphatic carbocycles. The van der Waals surface area contributed by atoms with E-state index in [0.717, 1.165) is 48.3 Å². The second kappa shape index (κ2) is 6.38. The Morgan fingerprint density at radius 3 is 2.33 bits per heavy atom. The highest BCUT2D eigenvalue weighted by Gasteiger charge is 2.15. The monoisotopic (exact) mass is 338 g/mol. The topological polar surface area (TPSA) is 32.3 Å². The van der Waals surface area contributed by atoms with E-state index in [-0.39, 0.29) is 5.28 Å². The van der Waals surface area contributed by atoms with Crippen LogP contribution in [0.4, 0.5) is 5.69 Å². The summed E-state index contributed by atoms with van der Waals surface area (Å²) < 4.78 is 0. The summed E-state index contributed by atoms with van der Waals surface area (Å²) in [5, 5.41) is 1.31. The molecule has 2 heterocycles. The minimum absolute atomic E-state index is 0.284. The first-order valence-corrected chi connectivity index (χ1v) is 8.55. The van der Waals surface area contributed by atoms with Crippen LogP contribution in [0.1, 0.15) is 0 Å². The minimum Gasteiger partial charge on any atom is -0.369 e. The first-order valence-electron chi connectivity index (χ1n) is 8.17. The molecule has 122 valence electrons. The number of likely N-dealkylation sites (N-methyl/N-ethyl adjacent to an activating group) is 1. The highest BCUT2D eigenvalue weighted by molar-refractivity contribution is 6.28. The molecule has 2 aromatic carbocycles. The predicted molar refractivity (Wildman–Crippen MR) is 99.7 cm³/mol. The first kappa shape index (κ1) is 15.4. The molecule has 1 aliphatic heterocycles. The molecule has 1 aromatic heterocycles. The number of aromatic nitrogens is 2. The van der Waals surface area contributed by atoms with Crippen molar-refractivity contribution in [3.05, 3.63) is 53.8 Å². The van der Waals surface area contributed by atoms with Crippen LogP contribution in [0.15, 0.2) is 48.5 Å². The summed E-state index contributed by atoms with van der Waals surface area (Å²) in [4.78, 5) is 13.5. The Morgan fingerprint density at radius 2 is 1.58 bits per heavy atom. The number of piperazine rings is 1. The van der Waals surface area contributed by atoms with E-state index in [9.17, 15) is 0 Å². The van der Waals surface area contributed by atoms with E-state index in [0.29, 0.717) is 0 Å². The van der Waals surface area contributed by atoms with Crippen LogP contribution in [0.25, 0.3) is 22.2 Å². The van der Waals surface area contributed by atoms with Crippen molar-refractivity contribution in [3.8, 4) is 11.3 Å². The van der Waals surface area contributed by atoms with Gasteiger partial charge >= 0.3 is 0 Å². The number of nitrogens with zero attached hydrogens (tertiary/aromatic N) is 4. The zero-order valence-electron chi connectivity index (χ0n) is 13.6. The van der Waals surface area contributed by atoms with Crippen LogP contribution in [0.3, 0.4) is 0 Å². The molecule has 0 atom stereocenters. The van der Waals surface area contributed by atoms with E-state index < -0.39 is 0 Å². The fourth-order valence-electron chi connectivity index (χ4n) is 3.16. The van der Waals surface area contributed by atoms with Gasteiger partial charge in [0, 0.05) is 42.8 Å². The van der Waals surface area contributed by atoms with Crippen molar-refractivity contribution in [2.24, 2.45) is 0 Å². The summed E-state index contributed by atoms with van der Waals surface area (Å²) in [7, 11) is 2.17. The molecule has 0 radical (unpaired) electrons. The molecule has 0 saturated carbocycles. The van der Waals surface area contributed by atoms with Gasteiger partial charge in [0.15, 0.2) is 0 Å². The summed E-state index contributed by atoms with van der Waals surface area (Å²) in [6.07, 6.45) is 0. The molecule has 1 aliphatic rings. The standard InChI is InChI=1S/C19H19ClN4/c1-23-10-12-24(13-11-23)15-8-6-14(7-9-15)18-16-4-2-3-5-17(16)21-19(20)22-18/h2-9H,10-13H2,1H3. The van der Waals surface area contributed by atoms with Crippen molar-refractivity contribution in [2.45, 2.75) is 0 Å². The van der Waals surface area contributed by atoms with Crippen molar-refractivity contribution < 1.29 is 0 Å². The van der Waals surface area contributed by atoms with E-state index in [4.69, 9.17) is 11.6 Å². The third kappa shape index (κ3) is 2.95. The zero-order valence-corrected chi connectivity index (χ0v) is 14.4. The number of benzene rings is 2. The maximum Gasteiger partial charge on any atom is 0.223 e. The van der Waals surface area contributed by atoms with Crippen molar-refractivity contribution in [1.29, 1.82) is 0 Å². The Hall–Kier alpha value is -2.17. The first-order chi connectivity index (χ1) is 11.7. The number of rotatable bonds is 2. The van der Waals surface area contributed by atoms with Gasteiger partial charge in [0.1, 0.15) is 0 Å². The fourth-order valence-corrected chi connectivity index (χ4v) is 3.34. The van der Waals surface area contributed by atoms with Gasteiger partial charge in [0.25, 0.3) is 0 Å². The van der Waals surface area contributed by atoms with E-state index >= 15 is 0 Å². The molecule has 1 fully saturated rings. The van der Waals surface area contributed by atoms with Gasteiger partial charge in [-0.3, -0.25) is 0 Å². The number of hydrogen-bond acceptors (Lipinski definition) is 4. The smallest absolute Gasteiger partial charge is 0.223 e. The highest BCUT2D eigenvalue weighted by atomic mass is 35.5. The Labute approximate surface area is 146 Å². The second-order valence-electron chi connectivity index (χ2n) is 6.20. The molecule has 24 heavy (non-hydrogen) atoms. The van der Waals surface area contributed by atoms with E-state index in [1.807, 2.05) is 24.3 Å². The summed E-state index contributed by atoms with van der Waals surface area (Å²) in [6.45, 7) is 4.35. The second-order valence-corrected chi connectivity index (χ2v) is 6.53. The lowest BCUT2D eigenvalue weighted by atomic mass is 10.1. The van der Waals surface area contributed by atoms with Crippen LogP contribution in [0, 0.1) is 0 Å². The SMILES string of the molecule is CN1CCN(c2ccc(-c3nc(Cl)nc4ccccc34)cc2)CC1. The maximum atomic E-state index is 6.11. The summed E-state index contributed by atoms with van der Waals surface area (Å²) in [5.74, 6) is 0. The number of fused-ring (bicyclic) bond motifs is 1. The Kier molecular flexibility index (Phi) is 4.08. The molecule has 0 spiro atoms. The third-order valence-electron chi connectivity index (χ3n) is 4.59. The van der Waals surface area contributed by atoms with Crippen molar-refractivity contribution in [2.75, 3.05) is 38.1 Å². The van der Waals surface area contributed by atoms with Crippen molar-refractivity contribution >= 4 is 28.2 Å². The van der Waals surface area contributed by atoms with Gasteiger partial charge in [0.2, 0.25) is 5.28 Å². The molecule has 4 rings (SSSR count). The molecule has 0 unspecified atom stereocenters. The molecular weight excluding hydrogens is 320 g/mol. The van der Waals surface area contributed by atoms with Crippen LogP contribution in [-0.2, 0) is 0 Å². The van der Waals surface area contributed by atoms with Gasteiger partial charge in [-0.25, -0.2) is 9.97 Å². The average molecular weight is 339 g/mol. The number of halogens is 1. The van der Waals surface area contributed by atoms with Gasteiger partial charge in [0.05, 0.1) is 11.2 Å². The molecule has 4 nitrogen and oxygen atoms in total. The fraction of sp³-hybridized carbons (Fsp3) is 0.263. The molecule has 1 saturated heterocycles. The average Bonchev–Trinajstić information content (AvgIpc) is 2.62. The Balaban J connectivity index is 1.68. The largest absolute Gasteiger partial charge is 0.369 e. The normalized spacial score (nSPS) is 15.8.